The third-order valence-corrected chi connectivity index (χ3v) is 6.07. The van der Waals surface area contributed by atoms with E-state index < -0.39 is 0 Å². The molecule has 1 saturated carbocycles. The Morgan fingerprint density at radius 2 is 1.46 bits per heavy atom. The van der Waals surface area contributed by atoms with E-state index in [0.717, 1.165) is 18.3 Å². The molecule has 0 aliphatic heterocycles. The predicted molar refractivity (Wildman–Crippen MR) is 112 cm³/mol. The summed E-state index contributed by atoms with van der Waals surface area (Å²) in [7, 11) is 0. The summed E-state index contributed by atoms with van der Waals surface area (Å²) in [4.78, 5) is 0. The second kappa shape index (κ2) is 12.7. The molecule has 0 amide bonds. The van der Waals surface area contributed by atoms with Crippen LogP contribution in [0.25, 0.3) is 0 Å². The maximum Gasteiger partial charge on any atom is 0.0908 e. The van der Waals surface area contributed by atoms with Crippen LogP contribution in [0.15, 0.2) is 36.4 Å². The van der Waals surface area contributed by atoms with Gasteiger partial charge in [-0.25, -0.2) is 0 Å². The van der Waals surface area contributed by atoms with Crippen LogP contribution in [-0.4, -0.2) is 0 Å². The Morgan fingerprint density at radius 3 is 2.04 bits per heavy atom. The average Bonchev–Trinajstić information content (AvgIpc) is 2.69. The quantitative estimate of drug-likeness (QED) is 0.301. The summed E-state index contributed by atoms with van der Waals surface area (Å²) >= 11 is 0. The second-order valence-corrected chi connectivity index (χ2v) is 8.16. The minimum atomic E-state index is 0.904. The molecule has 1 heteroatoms. The molecule has 0 aromatic heterocycles. The van der Waals surface area contributed by atoms with E-state index in [-0.39, 0.29) is 0 Å². The lowest BCUT2D eigenvalue weighted by Gasteiger charge is -2.28. The fraction of sp³-hybridized carbons (Fsp3) is 0.640. The molecule has 2 rings (SSSR count). The largest absolute Gasteiger partial charge is 0.193 e. The van der Waals surface area contributed by atoms with E-state index in [1.54, 1.807) is 6.08 Å². The van der Waals surface area contributed by atoms with Gasteiger partial charge in [-0.1, -0.05) is 82.2 Å². The summed E-state index contributed by atoms with van der Waals surface area (Å²) in [5.74, 6) is 1.87. The molecular formula is C25H37N. The number of aryl methyl sites for hydroxylation is 2. The Hall–Kier alpha value is -1.55. The molecule has 0 saturated heterocycles. The molecule has 0 N–H and O–H groups in total. The highest BCUT2D eigenvalue weighted by molar-refractivity contribution is 5.22. The summed E-state index contributed by atoms with van der Waals surface area (Å²) in [6.45, 7) is 2.26. The number of hydrogen-bond acceptors (Lipinski definition) is 1. The van der Waals surface area contributed by atoms with E-state index in [1.165, 1.54) is 88.2 Å². The lowest BCUT2D eigenvalue weighted by molar-refractivity contribution is 0.250. The van der Waals surface area contributed by atoms with Crippen molar-refractivity contribution >= 4 is 0 Å². The van der Waals surface area contributed by atoms with Crippen LogP contribution < -0.4 is 0 Å². The van der Waals surface area contributed by atoms with Gasteiger partial charge in [0.25, 0.3) is 0 Å². The van der Waals surface area contributed by atoms with Crippen molar-refractivity contribution in [3.63, 3.8) is 0 Å². The maximum absolute atomic E-state index is 8.52. The van der Waals surface area contributed by atoms with Crippen LogP contribution >= 0.6 is 0 Å². The van der Waals surface area contributed by atoms with Gasteiger partial charge in [0.2, 0.25) is 0 Å². The summed E-state index contributed by atoms with van der Waals surface area (Å²) < 4.78 is 0. The molecule has 0 spiro atoms. The summed E-state index contributed by atoms with van der Waals surface area (Å²) in [5.41, 5.74) is 3.01. The molecule has 1 fully saturated rings. The topological polar surface area (TPSA) is 23.8 Å². The number of benzene rings is 1. The smallest absolute Gasteiger partial charge is 0.0908 e. The average molecular weight is 352 g/mol. The predicted octanol–water partition coefficient (Wildman–Crippen LogP) is 7.41. The monoisotopic (exact) mass is 351 g/mol. The van der Waals surface area contributed by atoms with E-state index in [4.69, 9.17) is 5.26 Å². The highest BCUT2D eigenvalue weighted by Gasteiger charge is 2.20. The van der Waals surface area contributed by atoms with Crippen molar-refractivity contribution in [1.29, 1.82) is 5.26 Å². The van der Waals surface area contributed by atoms with Crippen LogP contribution in [0.5, 0.6) is 0 Å². The SMILES string of the molecule is CCCCc1ccc(CCCCC2CCC(CC/C=C/C#N)CC2)cc1. The first-order valence-corrected chi connectivity index (χ1v) is 10.9. The van der Waals surface area contributed by atoms with Crippen molar-refractivity contribution in [3.8, 4) is 6.07 Å². The van der Waals surface area contributed by atoms with Gasteiger partial charge in [-0.2, -0.15) is 5.26 Å². The number of nitrogens with zero attached hydrogens (tertiary/aromatic N) is 1. The van der Waals surface area contributed by atoms with Crippen LogP contribution in [0, 0.1) is 23.2 Å². The van der Waals surface area contributed by atoms with Gasteiger partial charge in [0.15, 0.2) is 0 Å². The van der Waals surface area contributed by atoms with Crippen LogP contribution in [0.4, 0.5) is 0 Å². The van der Waals surface area contributed by atoms with Crippen LogP contribution in [0.1, 0.15) is 88.7 Å². The van der Waals surface area contributed by atoms with Gasteiger partial charge in [0.1, 0.15) is 0 Å². The zero-order valence-electron chi connectivity index (χ0n) is 16.8. The number of nitriles is 1. The summed E-state index contributed by atoms with van der Waals surface area (Å²) in [6, 6.07) is 11.4. The number of hydrogen-bond donors (Lipinski definition) is 0. The first-order valence-electron chi connectivity index (χ1n) is 10.9. The molecule has 1 aromatic rings. The Labute approximate surface area is 161 Å². The van der Waals surface area contributed by atoms with E-state index >= 15 is 0 Å². The Kier molecular flexibility index (Phi) is 10.2. The zero-order valence-corrected chi connectivity index (χ0v) is 16.8. The van der Waals surface area contributed by atoms with Crippen molar-refractivity contribution in [3.05, 3.63) is 47.5 Å². The van der Waals surface area contributed by atoms with Crippen molar-refractivity contribution < 1.29 is 0 Å². The van der Waals surface area contributed by atoms with Gasteiger partial charge < -0.3 is 0 Å². The van der Waals surface area contributed by atoms with Gasteiger partial charge in [-0.3, -0.25) is 0 Å². The minimum Gasteiger partial charge on any atom is -0.193 e. The van der Waals surface area contributed by atoms with Crippen LogP contribution in [0.2, 0.25) is 0 Å². The molecule has 1 aliphatic rings. The Bertz CT molecular complexity index is 541. The fourth-order valence-corrected chi connectivity index (χ4v) is 4.29. The number of unbranched alkanes of at least 4 members (excludes halogenated alkanes) is 2. The molecular weight excluding hydrogens is 314 g/mol. The van der Waals surface area contributed by atoms with Crippen molar-refractivity contribution in [1.82, 2.24) is 0 Å². The summed E-state index contributed by atoms with van der Waals surface area (Å²) in [6.07, 6.45) is 20.9. The molecule has 0 heterocycles. The Balaban J connectivity index is 1.54. The lowest BCUT2D eigenvalue weighted by atomic mass is 9.78. The molecule has 1 nitrogen and oxygen atoms in total. The second-order valence-electron chi connectivity index (χ2n) is 8.16. The van der Waals surface area contributed by atoms with Gasteiger partial charge >= 0.3 is 0 Å². The molecule has 1 aromatic carbocycles. The van der Waals surface area contributed by atoms with E-state index in [0.29, 0.717) is 0 Å². The molecule has 0 atom stereocenters. The first-order chi connectivity index (χ1) is 12.8. The minimum absolute atomic E-state index is 0.904. The lowest BCUT2D eigenvalue weighted by Crippen LogP contribution is -2.14. The number of rotatable bonds is 11. The molecule has 0 unspecified atom stereocenters. The van der Waals surface area contributed by atoms with Crippen LogP contribution in [0.3, 0.4) is 0 Å². The molecule has 0 radical (unpaired) electrons. The van der Waals surface area contributed by atoms with E-state index in [2.05, 4.69) is 37.3 Å². The van der Waals surface area contributed by atoms with Gasteiger partial charge in [-0.05, 0) is 61.5 Å². The maximum atomic E-state index is 8.52. The van der Waals surface area contributed by atoms with Gasteiger partial charge in [-0.15, -0.1) is 0 Å². The van der Waals surface area contributed by atoms with E-state index in [1.807, 2.05) is 6.08 Å². The first kappa shape index (κ1) is 20.8. The third kappa shape index (κ3) is 8.22. The number of allylic oxidation sites excluding steroid dienone is 2. The normalized spacial score (nSPS) is 20.3. The molecule has 142 valence electrons. The molecule has 1 aliphatic carbocycles. The van der Waals surface area contributed by atoms with E-state index in [9.17, 15) is 0 Å². The standard InChI is InChI=1S/C25H37N/c1-2-3-9-22-13-15-24(16-14-22)11-6-7-12-25-19-17-23(18-20-25)10-5-4-8-21-26/h4,8,13-16,23,25H,2-3,5-7,9-12,17-20H2,1H3/b8-4+. The van der Waals surface area contributed by atoms with Crippen molar-refractivity contribution in [2.45, 2.75) is 90.4 Å². The third-order valence-electron chi connectivity index (χ3n) is 6.07. The highest BCUT2D eigenvalue weighted by Crippen LogP contribution is 2.34. The Morgan fingerprint density at radius 1 is 0.885 bits per heavy atom. The molecule has 26 heavy (non-hydrogen) atoms. The summed E-state index contributed by atoms with van der Waals surface area (Å²) in [5, 5.41) is 8.52. The van der Waals surface area contributed by atoms with Crippen LogP contribution in [-0.2, 0) is 12.8 Å². The van der Waals surface area contributed by atoms with Gasteiger partial charge in [0.05, 0.1) is 6.07 Å². The van der Waals surface area contributed by atoms with Gasteiger partial charge in [0, 0.05) is 6.08 Å². The molecule has 0 bridgehead atoms. The zero-order chi connectivity index (χ0) is 18.5. The fourth-order valence-electron chi connectivity index (χ4n) is 4.29. The van der Waals surface area contributed by atoms with Crippen molar-refractivity contribution in [2.24, 2.45) is 11.8 Å². The van der Waals surface area contributed by atoms with Crippen molar-refractivity contribution in [2.75, 3.05) is 0 Å². The highest BCUT2D eigenvalue weighted by atomic mass is 14.3.